The molecule has 25 heavy (non-hydrogen) atoms. The number of hydrogen-bond acceptors (Lipinski definition) is 7. The molecular weight excluding hydrogens is 314 g/mol. The topological polar surface area (TPSA) is 70.1 Å². The van der Waals surface area contributed by atoms with Crippen LogP contribution in [-0.4, -0.2) is 53.9 Å². The highest BCUT2D eigenvalue weighted by molar-refractivity contribution is 5.43. The second-order valence-corrected chi connectivity index (χ2v) is 7.81. The van der Waals surface area contributed by atoms with E-state index < -0.39 is 0 Å². The Bertz CT molecular complexity index is 700. The molecule has 3 heterocycles. The van der Waals surface area contributed by atoms with E-state index in [1.165, 1.54) is 0 Å². The minimum absolute atomic E-state index is 0.0357. The number of rotatable bonds is 5. The summed E-state index contributed by atoms with van der Waals surface area (Å²) >= 11 is 0. The number of nitrogens with zero attached hydrogens (tertiary/aromatic N) is 6. The molecule has 0 spiro atoms. The van der Waals surface area contributed by atoms with Crippen LogP contribution in [0.15, 0.2) is 24.4 Å². The van der Waals surface area contributed by atoms with Gasteiger partial charge < -0.3 is 15.1 Å². The van der Waals surface area contributed by atoms with Crippen LogP contribution in [-0.2, 0) is 5.41 Å². The van der Waals surface area contributed by atoms with Gasteiger partial charge in [0.05, 0.1) is 5.69 Å². The Morgan fingerprint density at radius 3 is 2.52 bits per heavy atom. The van der Waals surface area contributed by atoms with Crippen molar-refractivity contribution < 1.29 is 0 Å². The van der Waals surface area contributed by atoms with Crippen molar-refractivity contribution in [2.24, 2.45) is 5.92 Å². The summed E-state index contributed by atoms with van der Waals surface area (Å²) in [7, 11) is 3.95. The summed E-state index contributed by atoms with van der Waals surface area (Å²) in [5, 5.41) is 12.1. The molecule has 2 aromatic heterocycles. The molecule has 0 saturated carbocycles. The molecule has 2 aromatic rings. The Kier molecular flexibility index (Phi) is 4.74. The van der Waals surface area contributed by atoms with E-state index in [-0.39, 0.29) is 5.41 Å². The van der Waals surface area contributed by atoms with Gasteiger partial charge in [-0.1, -0.05) is 20.8 Å². The van der Waals surface area contributed by atoms with Gasteiger partial charge in [-0.05, 0) is 18.2 Å². The van der Waals surface area contributed by atoms with E-state index in [9.17, 15) is 0 Å². The SMILES string of the molecule is CN(C)c1ccnc(NCC2CN(c3ccc(C(C)(C)C)nn3)C2)n1. The summed E-state index contributed by atoms with van der Waals surface area (Å²) in [4.78, 5) is 13.0. The first-order chi connectivity index (χ1) is 11.8. The molecule has 7 heteroatoms. The van der Waals surface area contributed by atoms with E-state index in [1.807, 2.05) is 25.1 Å². The molecule has 0 unspecified atom stereocenters. The summed E-state index contributed by atoms with van der Waals surface area (Å²) in [5.74, 6) is 3.10. The van der Waals surface area contributed by atoms with Gasteiger partial charge in [0.1, 0.15) is 5.82 Å². The quantitative estimate of drug-likeness (QED) is 0.894. The van der Waals surface area contributed by atoms with Crippen LogP contribution in [0, 0.1) is 5.92 Å². The van der Waals surface area contributed by atoms with Crippen molar-refractivity contribution in [1.29, 1.82) is 0 Å². The predicted molar refractivity (Wildman–Crippen MR) is 101 cm³/mol. The lowest BCUT2D eigenvalue weighted by molar-refractivity contribution is 0.424. The number of aromatic nitrogens is 4. The molecule has 3 rings (SSSR count). The summed E-state index contributed by atoms with van der Waals surface area (Å²) in [5.41, 5.74) is 1.06. The van der Waals surface area contributed by atoms with Gasteiger partial charge in [0.25, 0.3) is 0 Å². The standard InChI is InChI=1S/C18H27N7/c1-18(2,3)14-6-7-16(23-22-14)25-11-13(12-25)10-20-17-19-9-8-15(21-17)24(4)5/h6-9,13H,10-12H2,1-5H3,(H,19,20,21). The Hall–Kier alpha value is -2.44. The molecule has 1 fully saturated rings. The van der Waals surface area contributed by atoms with E-state index in [1.54, 1.807) is 6.20 Å². The fraction of sp³-hybridized carbons (Fsp3) is 0.556. The molecule has 1 N–H and O–H groups in total. The van der Waals surface area contributed by atoms with Crippen LogP contribution in [0.3, 0.4) is 0 Å². The lowest BCUT2D eigenvalue weighted by Gasteiger charge is -2.40. The first-order valence-corrected chi connectivity index (χ1v) is 8.66. The number of anilines is 3. The first-order valence-electron chi connectivity index (χ1n) is 8.66. The van der Waals surface area contributed by atoms with E-state index in [0.29, 0.717) is 11.9 Å². The minimum Gasteiger partial charge on any atom is -0.363 e. The Labute approximate surface area is 149 Å². The van der Waals surface area contributed by atoms with E-state index in [0.717, 1.165) is 37.0 Å². The maximum absolute atomic E-state index is 4.48. The molecular formula is C18H27N7. The minimum atomic E-state index is 0.0357. The van der Waals surface area contributed by atoms with Crippen molar-refractivity contribution in [1.82, 2.24) is 20.2 Å². The molecule has 0 bridgehead atoms. The Balaban J connectivity index is 1.49. The third kappa shape index (κ3) is 4.15. The van der Waals surface area contributed by atoms with Crippen molar-refractivity contribution in [3.8, 4) is 0 Å². The van der Waals surface area contributed by atoms with Gasteiger partial charge in [-0.2, -0.15) is 10.1 Å². The highest BCUT2D eigenvalue weighted by Crippen LogP contribution is 2.25. The van der Waals surface area contributed by atoms with Crippen LogP contribution in [0.4, 0.5) is 17.6 Å². The third-order valence-electron chi connectivity index (χ3n) is 4.35. The van der Waals surface area contributed by atoms with Crippen molar-refractivity contribution in [2.45, 2.75) is 26.2 Å². The van der Waals surface area contributed by atoms with Crippen LogP contribution in [0.5, 0.6) is 0 Å². The van der Waals surface area contributed by atoms with Gasteiger partial charge in [0, 0.05) is 51.3 Å². The van der Waals surface area contributed by atoms with Gasteiger partial charge in [0.15, 0.2) is 5.82 Å². The molecule has 0 radical (unpaired) electrons. The smallest absolute Gasteiger partial charge is 0.224 e. The average molecular weight is 341 g/mol. The second-order valence-electron chi connectivity index (χ2n) is 7.81. The maximum atomic E-state index is 4.48. The molecule has 0 amide bonds. The molecule has 0 atom stereocenters. The van der Waals surface area contributed by atoms with Gasteiger partial charge in [0.2, 0.25) is 5.95 Å². The van der Waals surface area contributed by atoms with Gasteiger partial charge >= 0.3 is 0 Å². The lowest BCUT2D eigenvalue weighted by Crippen LogP contribution is -2.50. The zero-order valence-corrected chi connectivity index (χ0v) is 15.7. The van der Waals surface area contributed by atoms with E-state index in [4.69, 9.17) is 0 Å². The normalized spacial score (nSPS) is 15.0. The highest BCUT2D eigenvalue weighted by atomic mass is 15.3. The molecule has 134 valence electrons. The monoisotopic (exact) mass is 341 g/mol. The maximum Gasteiger partial charge on any atom is 0.224 e. The number of hydrogen-bond donors (Lipinski definition) is 1. The summed E-state index contributed by atoms with van der Waals surface area (Å²) in [6, 6.07) is 6.05. The summed E-state index contributed by atoms with van der Waals surface area (Å²) in [6.45, 7) is 9.26. The molecule has 7 nitrogen and oxygen atoms in total. The third-order valence-corrected chi connectivity index (χ3v) is 4.35. The van der Waals surface area contributed by atoms with Gasteiger partial charge in [-0.25, -0.2) is 4.98 Å². The van der Waals surface area contributed by atoms with Crippen LogP contribution in [0.2, 0.25) is 0 Å². The first kappa shape index (κ1) is 17.4. The zero-order chi connectivity index (χ0) is 18.0. The Morgan fingerprint density at radius 2 is 1.92 bits per heavy atom. The molecule has 0 aromatic carbocycles. The fourth-order valence-corrected chi connectivity index (χ4v) is 2.70. The Morgan fingerprint density at radius 1 is 1.16 bits per heavy atom. The van der Waals surface area contributed by atoms with Gasteiger partial charge in [-0.3, -0.25) is 0 Å². The highest BCUT2D eigenvalue weighted by Gasteiger charge is 2.28. The van der Waals surface area contributed by atoms with Gasteiger partial charge in [-0.15, -0.1) is 5.10 Å². The predicted octanol–water partition coefficient (Wildman–Crippen LogP) is 2.18. The van der Waals surface area contributed by atoms with Crippen LogP contribution >= 0.6 is 0 Å². The van der Waals surface area contributed by atoms with Crippen LogP contribution < -0.4 is 15.1 Å². The fourth-order valence-electron chi connectivity index (χ4n) is 2.70. The van der Waals surface area contributed by atoms with Crippen LogP contribution in [0.1, 0.15) is 26.5 Å². The van der Waals surface area contributed by atoms with Crippen molar-refractivity contribution in [2.75, 3.05) is 48.8 Å². The van der Waals surface area contributed by atoms with E-state index >= 15 is 0 Å². The average Bonchev–Trinajstić information content (AvgIpc) is 2.53. The van der Waals surface area contributed by atoms with Crippen molar-refractivity contribution >= 4 is 17.6 Å². The van der Waals surface area contributed by atoms with Crippen LogP contribution in [0.25, 0.3) is 0 Å². The van der Waals surface area contributed by atoms with Crippen molar-refractivity contribution in [3.05, 3.63) is 30.1 Å². The zero-order valence-electron chi connectivity index (χ0n) is 15.7. The summed E-state index contributed by atoms with van der Waals surface area (Å²) < 4.78 is 0. The largest absolute Gasteiger partial charge is 0.363 e. The lowest BCUT2D eigenvalue weighted by atomic mass is 9.92. The molecule has 1 saturated heterocycles. The van der Waals surface area contributed by atoms with E-state index in [2.05, 4.69) is 63.3 Å². The molecule has 1 aliphatic heterocycles. The molecule has 1 aliphatic rings. The second kappa shape index (κ2) is 6.82. The summed E-state index contributed by atoms with van der Waals surface area (Å²) in [6.07, 6.45) is 1.78. The molecule has 0 aliphatic carbocycles. The number of nitrogens with one attached hydrogen (secondary N) is 1. The van der Waals surface area contributed by atoms with Crippen molar-refractivity contribution in [3.63, 3.8) is 0 Å².